The van der Waals surface area contributed by atoms with Gasteiger partial charge in [-0.1, -0.05) is 12.1 Å². The van der Waals surface area contributed by atoms with Crippen LogP contribution in [-0.4, -0.2) is 17.4 Å². The van der Waals surface area contributed by atoms with E-state index in [0.29, 0.717) is 10.9 Å². The fourth-order valence-corrected chi connectivity index (χ4v) is 1.02. The Labute approximate surface area is 97.6 Å². The summed E-state index contributed by atoms with van der Waals surface area (Å²) in [6.45, 7) is 3.63. The van der Waals surface area contributed by atoms with Crippen LogP contribution < -0.4 is 4.74 Å². The Morgan fingerprint density at radius 3 is 2.67 bits per heavy atom. The summed E-state index contributed by atoms with van der Waals surface area (Å²) in [6, 6.07) is 5.27. The normalized spacial score (nSPS) is 8.40. The van der Waals surface area contributed by atoms with Gasteiger partial charge in [-0.05, 0) is 24.1 Å². The number of benzene rings is 1. The molecule has 0 saturated carbocycles. The van der Waals surface area contributed by atoms with E-state index in [2.05, 4.69) is 22.6 Å². The van der Waals surface area contributed by atoms with Gasteiger partial charge in [-0.15, -0.1) is 6.58 Å². The molecule has 1 rings (SSSR count). The number of carbonyl (C=O) groups excluding carboxylic acids is 1. The minimum absolute atomic E-state index is 0.172. The third-order valence-electron chi connectivity index (χ3n) is 1.62. The van der Waals surface area contributed by atoms with Gasteiger partial charge in [0.25, 0.3) is 0 Å². The van der Waals surface area contributed by atoms with Gasteiger partial charge in [0.1, 0.15) is 0 Å². The number of rotatable bonds is 3. The molecule has 0 radical (unpaired) electrons. The number of phenols is 1. The van der Waals surface area contributed by atoms with Crippen molar-refractivity contribution >= 4 is 5.18 Å². The van der Waals surface area contributed by atoms with Gasteiger partial charge in [-0.2, -0.15) is 0 Å². The average molecular weight is 249 g/mol. The summed E-state index contributed by atoms with van der Waals surface area (Å²) in [5.41, 5.74) is 1.08. The number of hydrogen-bond donors (Lipinski definition) is 1. The van der Waals surface area contributed by atoms with Crippen LogP contribution in [0, 0.1) is 0 Å². The van der Waals surface area contributed by atoms with E-state index in [0.717, 1.165) is 12.0 Å². The first-order valence-electron chi connectivity index (χ1n) is 4.18. The van der Waals surface area contributed by atoms with E-state index in [-0.39, 0.29) is 5.75 Å². The molecule has 15 heavy (non-hydrogen) atoms. The summed E-state index contributed by atoms with van der Waals surface area (Å²) in [7, 11) is 1.53. The van der Waals surface area contributed by atoms with Gasteiger partial charge < -0.3 is 9.84 Å². The Hall–Kier alpha value is -1.25. The summed E-state index contributed by atoms with van der Waals surface area (Å²) in [6.07, 6.45) is 2.60. The van der Waals surface area contributed by atoms with Crippen molar-refractivity contribution in [3.05, 3.63) is 36.4 Å². The van der Waals surface area contributed by atoms with Gasteiger partial charge in [0.15, 0.2) is 11.5 Å². The molecule has 1 aromatic carbocycles. The molecular formula is C11H13FeO3. The summed E-state index contributed by atoms with van der Waals surface area (Å²) in [5, 5.41) is 9.75. The molecular weight excluding hydrogens is 236 g/mol. The zero-order valence-corrected chi connectivity index (χ0v) is 9.52. The van der Waals surface area contributed by atoms with Gasteiger partial charge in [0.05, 0.1) is 7.11 Å². The molecule has 0 heterocycles. The molecule has 0 unspecified atom stereocenters. The van der Waals surface area contributed by atoms with Gasteiger partial charge >= 0.3 is 26.0 Å². The predicted molar refractivity (Wildman–Crippen MR) is 55.3 cm³/mol. The molecule has 83 valence electrons. The van der Waals surface area contributed by atoms with Gasteiger partial charge in [0, 0.05) is 0 Å². The van der Waals surface area contributed by atoms with Crippen molar-refractivity contribution in [2.45, 2.75) is 6.42 Å². The van der Waals surface area contributed by atoms with E-state index in [4.69, 9.17) is 9.53 Å². The maximum atomic E-state index is 9.25. The number of phenolic OH excluding ortho intramolecular Hbond substituents is 1. The van der Waals surface area contributed by atoms with Crippen LogP contribution in [0.2, 0.25) is 0 Å². The Balaban J connectivity index is 0.000000583. The van der Waals surface area contributed by atoms with E-state index in [1.54, 1.807) is 12.1 Å². The molecule has 3 nitrogen and oxygen atoms in total. The van der Waals surface area contributed by atoms with E-state index < -0.39 is 0 Å². The summed E-state index contributed by atoms with van der Waals surface area (Å²) in [5.74, 6) is 0.680. The fourth-order valence-electron chi connectivity index (χ4n) is 1.02. The molecule has 0 aliphatic rings. The average Bonchev–Trinajstić information content (AvgIpc) is 2.22. The second-order valence-electron chi connectivity index (χ2n) is 2.58. The monoisotopic (exact) mass is 249 g/mol. The number of hydrogen-bond acceptors (Lipinski definition) is 3. The van der Waals surface area contributed by atoms with Crippen molar-refractivity contribution < 1.29 is 30.7 Å². The fraction of sp³-hybridized carbons (Fsp3) is 0.182. The van der Waals surface area contributed by atoms with E-state index in [1.807, 2.05) is 12.1 Å². The van der Waals surface area contributed by atoms with Crippen LogP contribution in [0.25, 0.3) is 0 Å². The van der Waals surface area contributed by atoms with Crippen LogP contribution in [0.15, 0.2) is 30.9 Å². The van der Waals surface area contributed by atoms with Crippen molar-refractivity contribution in [2.75, 3.05) is 7.11 Å². The standard InChI is InChI=1S/C10H12O2.CHO.Fe/c1-3-4-8-5-6-9(11)10(7-8)12-2;1-2;/h3,5-7,11H,1,4H2,2H3;1H;. The summed E-state index contributed by atoms with van der Waals surface area (Å²) < 4.78 is 4.95. The number of aromatic hydroxyl groups is 1. The van der Waals surface area contributed by atoms with Crippen LogP contribution in [0.4, 0.5) is 0 Å². The maximum absolute atomic E-state index is 9.25. The van der Waals surface area contributed by atoms with Crippen molar-refractivity contribution in [3.8, 4) is 11.5 Å². The minimum atomic E-state index is 0.172. The first-order chi connectivity index (χ1) is 7.19. The third-order valence-corrected chi connectivity index (χ3v) is 1.62. The van der Waals surface area contributed by atoms with Crippen LogP contribution in [0.1, 0.15) is 5.56 Å². The number of carbonyl (C=O) groups is 1. The molecule has 0 fully saturated rings. The van der Waals surface area contributed by atoms with Crippen LogP contribution in [-0.2, 0) is 27.2 Å². The third kappa shape index (κ3) is 5.25. The molecule has 0 aromatic heterocycles. The molecule has 0 spiro atoms. The summed E-state index contributed by atoms with van der Waals surface area (Å²) in [4.78, 5) is 8.69. The number of allylic oxidation sites excluding steroid dienone is 1. The zero-order valence-electron chi connectivity index (χ0n) is 8.42. The Bertz CT molecular complexity index is 324. The SMILES string of the molecule is C=CCc1ccc(O)c(OC)c1.O=[CH][Fe]. The van der Waals surface area contributed by atoms with Gasteiger partial charge in [-0.3, -0.25) is 0 Å². The topological polar surface area (TPSA) is 46.5 Å². The van der Waals surface area contributed by atoms with Crippen LogP contribution >= 0.6 is 0 Å². The van der Waals surface area contributed by atoms with Crippen molar-refractivity contribution in [1.29, 1.82) is 0 Å². The van der Waals surface area contributed by atoms with E-state index in [1.165, 1.54) is 7.11 Å². The number of ether oxygens (including phenoxy) is 1. The van der Waals surface area contributed by atoms with E-state index in [9.17, 15) is 5.11 Å². The number of methoxy groups -OCH3 is 1. The van der Waals surface area contributed by atoms with Gasteiger partial charge in [-0.25, -0.2) is 0 Å². The molecule has 0 aliphatic carbocycles. The second-order valence-corrected chi connectivity index (χ2v) is 2.84. The Morgan fingerprint density at radius 1 is 1.60 bits per heavy atom. The van der Waals surface area contributed by atoms with Crippen molar-refractivity contribution in [2.24, 2.45) is 0 Å². The van der Waals surface area contributed by atoms with Crippen molar-refractivity contribution in [3.63, 3.8) is 0 Å². The Morgan fingerprint density at radius 2 is 2.20 bits per heavy atom. The molecule has 4 heteroatoms. The molecule has 0 saturated heterocycles. The molecule has 1 aromatic rings. The summed E-state index contributed by atoms with van der Waals surface area (Å²) >= 11 is 2.81. The molecule has 0 bridgehead atoms. The zero-order chi connectivity index (χ0) is 11.7. The molecule has 0 atom stereocenters. The first-order valence-corrected chi connectivity index (χ1v) is 4.82. The van der Waals surface area contributed by atoms with E-state index >= 15 is 0 Å². The molecule has 0 aliphatic heterocycles. The quantitative estimate of drug-likeness (QED) is 0.505. The van der Waals surface area contributed by atoms with Crippen LogP contribution in [0.3, 0.4) is 0 Å². The molecule has 1 N–H and O–H groups in total. The molecule has 0 amide bonds. The van der Waals surface area contributed by atoms with Crippen LogP contribution in [0.5, 0.6) is 11.5 Å². The van der Waals surface area contributed by atoms with Gasteiger partial charge in [0.2, 0.25) is 0 Å². The second kappa shape index (κ2) is 8.09. The predicted octanol–water partition coefficient (Wildman–Crippen LogP) is 1.85. The van der Waals surface area contributed by atoms with Crippen molar-refractivity contribution in [1.82, 2.24) is 0 Å². The first kappa shape index (κ1) is 13.7. The Kier molecular flexibility index (Phi) is 7.42.